The predicted molar refractivity (Wildman–Crippen MR) is 53.0 cm³/mol. The van der Waals surface area contributed by atoms with Gasteiger partial charge in [-0.15, -0.1) is 0 Å². The zero-order valence-electron chi connectivity index (χ0n) is 8.74. The van der Waals surface area contributed by atoms with Gasteiger partial charge >= 0.3 is 0 Å². The average molecular weight is 168 g/mol. The Labute approximate surface area is 76.5 Å². The summed E-state index contributed by atoms with van der Waals surface area (Å²) in [6.45, 7) is 9.89. The number of hydrogen-bond donors (Lipinski definition) is 0. The van der Waals surface area contributed by atoms with Gasteiger partial charge < -0.3 is 4.74 Å². The highest BCUT2D eigenvalue weighted by molar-refractivity contribution is 5.07. The fourth-order valence-corrected chi connectivity index (χ4v) is 0.671. The van der Waals surface area contributed by atoms with Gasteiger partial charge in [0.05, 0.1) is 0 Å². The molecule has 0 heterocycles. The van der Waals surface area contributed by atoms with E-state index in [9.17, 15) is 0 Å². The largest absolute Gasteiger partial charge is 0.369 e. The first-order chi connectivity index (χ1) is 5.56. The van der Waals surface area contributed by atoms with E-state index in [1.165, 1.54) is 6.42 Å². The van der Waals surface area contributed by atoms with Crippen LogP contribution in [0.1, 0.15) is 40.5 Å². The van der Waals surface area contributed by atoms with Crippen LogP contribution < -0.4 is 0 Å². The normalized spacial score (nSPS) is 10.7. The van der Waals surface area contributed by atoms with Gasteiger partial charge in [-0.05, 0) is 27.2 Å². The molecule has 0 saturated carbocycles. The third-order valence-electron chi connectivity index (χ3n) is 1.28. The molecule has 0 aromatic rings. The molecule has 0 aromatic heterocycles. The van der Waals surface area contributed by atoms with Crippen molar-refractivity contribution in [3.63, 3.8) is 0 Å². The molecule has 0 amide bonds. The summed E-state index contributed by atoms with van der Waals surface area (Å²) in [5, 5.41) is 0. The van der Waals surface area contributed by atoms with Gasteiger partial charge in [-0.3, -0.25) is 0 Å². The lowest BCUT2D eigenvalue weighted by Gasteiger charge is -2.06. The Morgan fingerprint density at radius 2 is 1.92 bits per heavy atom. The van der Waals surface area contributed by atoms with Crippen LogP contribution in [-0.4, -0.2) is 13.2 Å². The van der Waals surface area contributed by atoms with Crippen molar-refractivity contribution in [1.82, 2.24) is 0 Å². The number of unbranched alkanes of at least 4 members (excludes halogenated alkanes) is 1. The summed E-state index contributed by atoms with van der Waals surface area (Å²) in [7, 11) is 0. The monoisotopic (exact) mass is 168 g/mol. The standard InChI is InChI=1S/C11H20O/c1-5-6-9-12-10-7-8-11(2,3)4/h5-6,9-10H2,1-4H3. The van der Waals surface area contributed by atoms with E-state index in [2.05, 4.69) is 39.5 Å². The zero-order chi connectivity index (χ0) is 9.45. The number of rotatable bonds is 4. The van der Waals surface area contributed by atoms with Crippen LogP contribution in [0.3, 0.4) is 0 Å². The van der Waals surface area contributed by atoms with Crippen LogP contribution in [0.15, 0.2) is 0 Å². The van der Waals surface area contributed by atoms with Gasteiger partial charge in [-0.25, -0.2) is 0 Å². The summed E-state index contributed by atoms with van der Waals surface area (Å²) in [4.78, 5) is 0. The van der Waals surface area contributed by atoms with Gasteiger partial charge in [0, 0.05) is 12.0 Å². The Hall–Kier alpha value is -0.480. The Balaban J connectivity index is 3.34. The lowest BCUT2D eigenvalue weighted by atomic mass is 9.98. The van der Waals surface area contributed by atoms with Crippen LogP contribution >= 0.6 is 0 Å². The second-order valence-corrected chi connectivity index (χ2v) is 3.96. The molecule has 1 heteroatoms. The summed E-state index contributed by atoms with van der Waals surface area (Å²) in [5.74, 6) is 6.14. The van der Waals surface area contributed by atoms with Gasteiger partial charge in [0.1, 0.15) is 6.61 Å². The third kappa shape index (κ3) is 9.52. The Morgan fingerprint density at radius 1 is 1.25 bits per heavy atom. The van der Waals surface area contributed by atoms with Crippen molar-refractivity contribution in [2.45, 2.75) is 40.5 Å². The van der Waals surface area contributed by atoms with Crippen molar-refractivity contribution < 1.29 is 4.74 Å². The Kier molecular flexibility index (Phi) is 5.84. The molecule has 0 aliphatic rings. The molecular weight excluding hydrogens is 148 g/mol. The van der Waals surface area contributed by atoms with Crippen molar-refractivity contribution in [1.29, 1.82) is 0 Å². The maximum Gasteiger partial charge on any atom is 0.107 e. The minimum Gasteiger partial charge on any atom is -0.369 e. The fourth-order valence-electron chi connectivity index (χ4n) is 0.671. The van der Waals surface area contributed by atoms with E-state index in [-0.39, 0.29) is 5.41 Å². The van der Waals surface area contributed by atoms with E-state index in [4.69, 9.17) is 4.74 Å². The van der Waals surface area contributed by atoms with Gasteiger partial charge in [0.15, 0.2) is 0 Å². The quantitative estimate of drug-likeness (QED) is 0.463. The summed E-state index contributed by atoms with van der Waals surface area (Å²) in [6.07, 6.45) is 2.32. The maximum atomic E-state index is 5.30. The highest BCUT2D eigenvalue weighted by Gasteiger charge is 2.02. The van der Waals surface area contributed by atoms with E-state index in [0.717, 1.165) is 13.0 Å². The molecule has 0 saturated heterocycles. The number of ether oxygens (including phenoxy) is 1. The van der Waals surface area contributed by atoms with Crippen LogP contribution in [0.25, 0.3) is 0 Å². The van der Waals surface area contributed by atoms with Crippen LogP contribution in [0, 0.1) is 17.3 Å². The minimum absolute atomic E-state index is 0.105. The highest BCUT2D eigenvalue weighted by atomic mass is 16.5. The molecule has 0 aliphatic carbocycles. The molecule has 0 unspecified atom stereocenters. The van der Waals surface area contributed by atoms with Crippen LogP contribution in [0.5, 0.6) is 0 Å². The van der Waals surface area contributed by atoms with Crippen molar-refractivity contribution in [3.05, 3.63) is 0 Å². The second-order valence-electron chi connectivity index (χ2n) is 3.96. The first-order valence-corrected chi connectivity index (χ1v) is 4.64. The average Bonchev–Trinajstić information content (AvgIpc) is 1.94. The molecule has 0 fully saturated rings. The van der Waals surface area contributed by atoms with Crippen molar-refractivity contribution in [2.75, 3.05) is 13.2 Å². The molecule has 0 aromatic carbocycles. The molecule has 0 atom stereocenters. The third-order valence-corrected chi connectivity index (χ3v) is 1.28. The van der Waals surface area contributed by atoms with Gasteiger partial charge in [-0.2, -0.15) is 0 Å². The van der Waals surface area contributed by atoms with Crippen LogP contribution in [0.4, 0.5) is 0 Å². The van der Waals surface area contributed by atoms with E-state index in [1.807, 2.05) is 0 Å². The Bertz CT molecular complexity index is 154. The maximum absolute atomic E-state index is 5.30. The zero-order valence-corrected chi connectivity index (χ0v) is 8.74. The van der Waals surface area contributed by atoms with Gasteiger partial charge in [-0.1, -0.05) is 25.2 Å². The van der Waals surface area contributed by atoms with E-state index < -0.39 is 0 Å². The molecule has 0 radical (unpaired) electrons. The first-order valence-electron chi connectivity index (χ1n) is 4.64. The SMILES string of the molecule is CCCCOCC#CC(C)(C)C. The highest BCUT2D eigenvalue weighted by Crippen LogP contribution is 2.09. The molecule has 0 N–H and O–H groups in total. The molecule has 0 bridgehead atoms. The molecule has 0 aliphatic heterocycles. The van der Waals surface area contributed by atoms with Gasteiger partial charge in [0.2, 0.25) is 0 Å². The summed E-state index contributed by atoms with van der Waals surface area (Å²) in [6, 6.07) is 0. The summed E-state index contributed by atoms with van der Waals surface area (Å²) >= 11 is 0. The summed E-state index contributed by atoms with van der Waals surface area (Å²) < 4.78 is 5.30. The molecule has 0 rings (SSSR count). The molecular formula is C11H20O. The fraction of sp³-hybridized carbons (Fsp3) is 0.818. The van der Waals surface area contributed by atoms with Crippen molar-refractivity contribution >= 4 is 0 Å². The lowest BCUT2D eigenvalue weighted by Crippen LogP contribution is -2.01. The van der Waals surface area contributed by atoms with Crippen molar-refractivity contribution in [2.24, 2.45) is 5.41 Å². The molecule has 70 valence electrons. The molecule has 12 heavy (non-hydrogen) atoms. The Morgan fingerprint density at radius 3 is 2.42 bits per heavy atom. The first kappa shape index (κ1) is 11.5. The molecule has 0 spiro atoms. The van der Waals surface area contributed by atoms with E-state index >= 15 is 0 Å². The van der Waals surface area contributed by atoms with Crippen LogP contribution in [-0.2, 0) is 4.74 Å². The van der Waals surface area contributed by atoms with Gasteiger partial charge in [0.25, 0.3) is 0 Å². The minimum atomic E-state index is 0.105. The lowest BCUT2D eigenvalue weighted by molar-refractivity contribution is 0.163. The number of hydrogen-bond acceptors (Lipinski definition) is 1. The predicted octanol–water partition coefficient (Wildman–Crippen LogP) is 2.85. The smallest absolute Gasteiger partial charge is 0.107 e. The summed E-state index contributed by atoms with van der Waals surface area (Å²) in [5.41, 5.74) is 0.105. The van der Waals surface area contributed by atoms with E-state index in [1.54, 1.807) is 0 Å². The van der Waals surface area contributed by atoms with Crippen molar-refractivity contribution in [3.8, 4) is 11.8 Å². The second kappa shape index (κ2) is 6.08. The molecule has 1 nitrogen and oxygen atoms in total. The van der Waals surface area contributed by atoms with Crippen LogP contribution in [0.2, 0.25) is 0 Å². The van der Waals surface area contributed by atoms with E-state index in [0.29, 0.717) is 6.61 Å². The topological polar surface area (TPSA) is 9.23 Å².